The molecule has 0 spiro atoms. The van der Waals surface area contributed by atoms with Crippen LogP contribution < -0.4 is 5.32 Å². The maximum absolute atomic E-state index is 10.9. The van der Waals surface area contributed by atoms with E-state index in [9.17, 15) is 9.59 Å². The van der Waals surface area contributed by atoms with Gasteiger partial charge in [0, 0.05) is 6.54 Å². The predicted molar refractivity (Wildman–Crippen MR) is 50.9 cm³/mol. The minimum Gasteiger partial charge on any atom is -0.428 e. The maximum Gasteiger partial charge on any atom is 0.516 e. The van der Waals surface area contributed by atoms with Crippen LogP contribution in [0.1, 0.15) is 27.2 Å². The summed E-state index contributed by atoms with van der Waals surface area (Å²) in [6.45, 7) is 5.58. The molecule has 14 heavy (non-hydrogen) atoms. The fourth-order valence-corrected chi connectivity index (χ4v) is 0.642. The molecule has 0 bridgehead atoms. The summed E-state index contributed by atoms with van der Waals surface area (Å²) in [5.41, 5.74) is -0.639. The highest BCUT2D eigenvalue weighted by Crippen LogP contribution is 2.08. The van der Waals surface area contributed by atoms with E-state index in [1.165, 1.54) is 0 Å². The highest BCUT2D eigenvalue weighted by atomic mass is 16.7. The minimum absolute atomic E-state index is 0.149. The number of hydrogen-bond acceptors (Lipinski definition) is 5. The Morgan fingerprint density at radius 2 is 1.86 bits per heavy atom. The van der Waals surface area contributed by atoms with Crippen molar-refractivity contribution in [3.05, 3.63) is 0 Å². The largest absolute Gasteiger partial charge is 0.516 e. The summed E-state index contributed by atoms with van der Waals surface area (Å²) in [6.07, 6.45) is -0.797. The summed E-state index contributed by atoms with van der Waals surface area (Å²) >= 11 is 0. The number of carbonyl (C=O) groups is 2. The van der Waals surface area contributed by atoms with Gasteiger partial charge >= 0.3 is 12.1 Å². The molecular formula is C9H17NO4. The number of carbonyl (C=O) groups excluding carboxylic acids is 2. The Labute approximate surface area is 83.8 Å². The van der Waals surface area contributed by atoms with Gasteiger partial charge in [0.05, 0.1) is 6.42 Å². The zero-order valence-corrected chi connectivity index (χ0v) is 9.05. The quantitative estimate of drug-likeness (QED) is 0.549. The topological polar surface area (TPSA) is 64.6 Å². The summed E-state index contributed by atoms with van der Waals surface area (Å²) in [4.78, 5) is 21.9. The molecule has 0 aromatic rings. The summed E-state index contributed by atoms with van der Waals surface area (Å²) in [7, 11) is 1.71. The van der Waals surface area contributed by atoms with Crippen molar-refractivity contribution in [3.63, 3.8) is 0 Å². The van der Waals surface area contributed by atoms with Gasteiger partial charge in [0.1, 0.15) is 5.60 Å². The van der Waals surface area contributed by atoms with Crippen LogP contribution in [0.3, 0.4) is 0 Å². The van der Waals surface area contributed by atoms with Gasteiger partial charge in [0.2, 0.25) is 0 Å². The van der Waals surface area contributed by atoms with Gasteiger partial charge < -0.3 is 14.8 Å². The Balaban J connectivity index is 3.78. The second-order valence-corrected chi connectivity index (χ2v) is 3.79. The van der Waals surface area contributed by atoms with Crippen LogP contribution in [0.15, 0.2) is 0 Å². The average Bonchev–Trinajstić information content (AvgIpc) is 1.96. The molecule has 82 valence electrons. The zero-order valence-electron chi connectivity index (χ0n) is 9.05. The Morgan fingerprint density at radius 1 is 1.29 bits per heavy atom. The monoisotopic (exact) mass is 203 g/mol. The van der Waals surface area contributed by atoms with Crippen LogP contribution in [0.4, 0.5) is 4.79 Å². The molecule has 0 aromatic heterocycles. The molecule has 0 amide bonds. The van der Waals surface area contributed by atoms with E-state index in [1.54, 1.807) is 27.8 Å². The molecule has 0 atom stereocenters. The zero-order chi connectivity index (χ0) is 11.2. The van der Waals surface area contributed by atoms with Gasteiger partial charge in [-0.3, -0.25) is 4.79 Å². The van der Waals surface area contributed by atoms with Crippen molar-refractivity contribution in [3.8, 4) is 0 Å². The van der Waals surface area contributed by atoms with Crippen LogP contribution in [0.5, 0.6) is 0 Å². The van der Waals surface area contributed by atoms with E-state index in [-0.39, 0.29) is 6.42 Å². The minimum atomic E-state index is -0.946. The van der Waals surface area contributed by atoms with E-state index in [0.717, 1.165) is 0 Å². The van der Waals surface area contributed by atoms with Crippen LogP contribution in [0, 0.1) is 0 Å². The van der Waals surface area contributed by atoms with Crippen LogP contribution in [0.2, 0.25) is 0 Å². The fraction of sp³-hybridized carbons (Fsp3) is 0.778. The molecule has 5 heteroatoms. The molecule has 0 aliphatic heterocycles. The third kappa shape index (κ3) is 7.54. The van der Waals surface area contributed by atoms with Crippen LogP contribution in [-0.2, 0) is 14.3 Å². The summed E-state index contributed by atoms with van der Waals surface area (Å²) in [5, 5.41) is 2.77. The summed E-state index contributed by atoms with van der Waals surface area (Å²) in [6, 6.07) is 0. The molecule has 0 aliphatic rings. The Morgan fingerprint density at radius 3 is 2.29 bits per heavy atom. The number of hydrogen-bond donors (Lipinski definition) is 1. The Hall–Kier alpha value is -1.10. The van der Waals surface area contributed by atoms with Crippen molar-refractivity contribution in [1.29, 1.82) is 0 Å². The molecule has 0 saturated carbocycles. The Bertz CT molecular complexity index is 207. The van der Waals surface area contributed by atoms with Crippen molar-refractivity contribution in [2.75, 3.05) is 13.6 Å². The molecule has 0 saturated heterocycles. The van der Waals surface area contributed by atoms with Crippen molar-refractivity contribution in [2.45, 2.75) is 32.8 Å². The molecule has 0 aliphatic carbocycles. The van der Waals surface area contributed by atoms with Gasteiger partial charge in [-0.1, -0.05) is 0 Å². The number of ether oxygens (including phenoxy) is 2. The van der Waals surface area contributed by atoms with E-state index < -0.39 is 17.7 Å². The van der Waals surface area contributed by atoms with Crippen LogP contribution in [-0.4, -0.2) is 31.3 Å². The predicted octanol–water partition coefficient (Wildman–Crippen LogP) is 1.07. The molecule has 5 nitrogen and oxygen atoms in total. The second kappa shape index (κ2) is 5.59. The number of esters is 1. The standard InChI is InChI=1S/C9H17NO4/c1-9(2,3)14-8(12)13-7(11)5-6-10-4/h10H,5-6H2,1-4H3. The normalized spacial score (nSPS) is 10.9. The molecule has 0 aromatic carbocycles. The first-order valence-corrected chi connectivity index (χ1v) is 4.43. The summed E-state index contributed by atoms with van der Waals surface area (Å²) in [5.74, 6) is -0.589. The lowest BCUT2D eigenvalue weighted by Gasteiger charge is -2.18. The maximum atomic E-state index is 10.9. The third-order valence-electron chi connectivity index (χ3n) is 1.17. The Kier molecular flexibility index (Phi) is 5.15. The average molecular weight is 203 g/mol. The lowest BCUT2D eigenvalue weighted by atomic mass is 10.2. The van der Waals surface area contributed by atoms with E-state index in [1.807, 2.05) is 0 Å². The third-order valence-corrected chi connectivity index (χ3v) is 1.17. The first-order valence-electron chi connectivity index (χ1n) is 4.43. The molecule has 0 rings (SSSR count). The lowest BCUT2D eigenvalue weighted by Crippen LogP contribution is -2.26. The smallest absolute Gasteiger partial charge is 0.428 e. The first kappa shape index (κ1) is 12.9. The number of nitrogens with one attached hydrogen (secondary N) is 1. The molecule has 1 N–H and O–H groups in total. The van der Waals surface area contributed by atoms with E-state index in [0.29, 0.717) is 6.54 Å². The SMILES string of the molecule is CNCCC(=O)OC(=O)OC(C)(C)C. The fourth-order valence-electron chi connectivity index (χ4n) is 0.642. The van der Waals surface area contributed by atoms with Gasteiger partial charge in [-0.15, -0.1) is 0 Å². The second-order valence-electron chi connectivity index (χ2n) is 3.79. The van der Waals surface area contributed by atoms with Gasteiger partial charge in [-0.25, -0.2) is 4.79 Å². The van der Waals surface area contributed by atoms with E-state index in [4.69, 9.17) is 4.74 Å². The van der Waals surface area contributed by atoms with E-state index in [2.05, 4.69) is 10.1 Å². The van der Waals surface area contributed by atoms with Crippen molar-refractivity contribution in [1.82, 2.24) is 5.32 Å². The molecule has 0 unspecified atom stereocenters. The molecular weight excluding hydrogens is 186 g/mol. The van der Waals surface area contributed by atoms with Gasteiger partial charge in [-0.2, -0.15) is 0 Å². The van der Waals surface area contributed by atoms with Crippen molar-refractivity contribution >= 4 is 12.1 Å². The molecule has 0 radical (unpaired) electrons. The molecule has 0 fully saturated rings. The first-order chi connectivity index (χ1) is 6.35. The molecule has 0 heterocycles. The van der Waals surface area contributed by atoms with Gasteiger partial charge in [0.15, 0.2) is 0 Å². The summed E-state index contributed by atoms with van der Waals surface area (Å²) < 4.78 is 9.17. The van der Waals surface area contributed by atoms with Crippen LogP contribution in [0.25, 0.3) is 0 Å². The lowest BCUT2D eigenvalue weighted by molar-refractivity contribution is -0.141. The highest BCUT2D eigenvalue weighted by Gasteiger charge is 2.19. The van der Waals surface area contributed by atoms with Gasteiger partial charge in [-0.05, 0) is 27.8 Å². The van der Waals surface area contributed by atoms with Gasteiger partial charge in [0.25, 0.3) is 0 Å². The van der Waals surface area contributed by atoms with Crippen LogP contribution >= 0.6 is 0 Å². The van der Waals surface area contributed by atoms with E-state index >= 15 is 0 Å². The van der Waals surface area contributed by atoms with Crippen molar-refractivity contribution < 1.29 is 19.1 Å². The highest BCUT2D eigenvalue weighted by molar-refractivity contribution is 5.81. The van der Waals surface area contributed by atoms with Crippen molar-refractivity contribution in [2.24, 2.45) is 0 Å². The number of rotatable bonds is 3.